The van der Waals surface area contributed by atoms with Crippen molar-refractivity contribution in [3.8, 4) is 0 Å². The predicted molar refractivity (Wildman–Crippen MR) is 79.5 cm³/mol. The quantitative estimate of drug-likeness (QED) is 0.860. The number of carboxylic acid groups (broad SMARTS) is 1. The number of likely N-dealkylation sites (tertiary alicyclic amines) is 1. The first-order chi connectivity index (χ1) is 9.47. The second-order valence-electron chi connectivity index (χ2n) is 5.11. The Hall–Kier alpha value is -1.40. The molecule has 2 N–H and O–H groups in total. The molecule has 1 fully saturated rings. The molecule has 1 amide bonds. The van der Waals surface area contributed by atoms with Crippen molar-refractivity contribution >= 4 is 33.5 Å². The number of nitrogens with zero attached hydrogens (tertiary/aromatic N) is 1. The van der Waals surface area contributed by atoms with Gasteiger partial charge in [0.2, 0.25) is 5.91 Å². The Morgan fingerprint density at radius 3 is 2.70 bits per heavy atom. The number of halogens is 1. The SMILES string of the molecule is CC(C(=O)O)C1CN(CC(=O)Nc2ccccc2Br)C1. The van der Waals surface area contributed by atoms with E-state index in [0.29, 0.717) is 19.6 Å². The smallest absolute Gasteiger partial charge is 0.306 e. The lowest BCUT2D eigenvalue weighted by atomic mass is 9.87. The minimum Gasteiger partial charge on any atom is -0.481 e. The molecule has 0 radical (unpaired) electrons. The second kappa shape index (κ2) is 6.37. The maximum Gasteiger partial charge on any atom is 0.306 e. The van der Waals surface area contributed by atoms with Crippen LogP contribution in [-0.4, -0.2) is 41.5 Å². The van der Waals surface area contributed by atoms with Gasteiger partial charge in [-0.05, 0) is 34.0 Å². The molecule has 0 aliphatic carbocycles. The predicted octanol–water partition coefficient (Wildman–Crippen LogP) is 2.04. The summed E-state index contributed by atoms with van der Waals surface area (Å²) < 4.78 is 0.842. The molecule has 1 aliphatic rings. The van der Waals surface area contributed by atoms with Crippen LogP contribution < -0.4 is 5.32 Å². The van der Waals surface area contributed by atoms with Crippen LogP contribution in [0.4, 0.5) is 5.69 Å². The number of rotatable bonds is 5. The minimum absolute atomic E-state index is 0.0849. The number of carbonyl (C=O) groups excluding carboxylic acids is 1. The van der Waals surface area contributed by atoms with Gasteiger partial charge in [0.1, 0.15) is 0 Å². The molecule has 2 rings (SSSR count). The Bertz CT molecular complexity index is 515. The highest BCUT2D eigenvalue weighted by Crippen LogP contribution is 2.24. The van der Waals surface area contributed by atoms with Crippen molar-refractivity contribution in [1.82, 2.24) is 4.90 Å². The Morgan fingerprint density at radius 2 is 2.10 bits per heavy atom. The van der Waals surface area contributed by atoms with Gasteiger partial charge in [0, 0.05) is 17.6 Å². The first kappa shape index (κ1) is 15.0. The van der Waals surface area contributed by atoms with Gasteiger partial charge in [0.15, 0.2) is 0 Å². The van der Waals surface area contributed by atoms with Crippen LogP contribution in [0.5, 0.6) is 0 Å². The maximum absolute atomic E-state index is 11.9. The summed E-state index contributed by atoms with van der Waals surface area (Å²) in [6.45, 7) is 3.34. The summed E-state index contributed by atoms with van der Waals surface area (Å²) >= 11 is 3.37. The van der Waals surface area contributed by atoms with E-state index in [-0.39, 0.29) is 17.7 Å². The van der Waals surface area contributed by atoms with E-state index in [1.54, 1.807) is 6.92 Å². The molecule has 1 aromatic carbocycles. The summed E-state index contributed by atoms with van der Waals surface area (Å²) in [6, 6.07) is 7.43. The molecule has 0 aromatic heterocycles. The number of hydrogen-bond acceptors (Lipinski definition) is 3. The summed E-state index contributed by atoms with van der Waals surface area (Å²) in [6.07, 6.45) is 0. The van der Waals surface area contributed by atoms with Crippen LogP contribution in [0.15, 0.2) is 28.7 Å². The van der Waals surface area contributed by atoms with E-state index in [0.717, 1.165) is 10.2 Å². The normalized spacial score (nSPS) is 17.3. The summed E-state index contributed by atoms with van der Waals surface area (Å²) in [4.78, 5) is 24.7. The van der Waals surface area contributed by atoms with Crippen molar-refractivity contribution in [2.45, 2.75) is 6.92 Å². The van der Waals surface area contributed by atoms with Gasteiger partial charge in [-0.15, -0.1) is 0 Å². The van der Waals surface area contributed by atoms with E-state index in [2.05, 4.69) is 21.2 Å². The van der Waals surface area contributed by atoms with E-state index in [1.807, 2.05) is 29.2 Å². The van der Waals surface area contributed by atoms with Crippen molar-refractivity contribution in [2.75, 3.05) is 25.0 Å². The lowest BCUT2D eigenvalue weighted by Crippen LogP contribution is -2.53. The van der Waals surface area contributed by atoms with E-state index in [1.165, 1.54) is 0 Å². The zero-order valence-corrected chi connectivity index (χ0v) is 12.8. The number of carbonyl (C=O) groups is 2. The molecule has 0 bridgehead atoms. The van der Waals surface area contributed by atoms with Gasteiger partial charge in [0.25, 0.3) is 0 Å². The van der Waals surface area contributed by atoms with Crippen LogP contribution in [-0.2, 0) is 9.59 Å². The molecule has 0 saturated carbocycles. The first-order valence-electron chi connectivity index (χ1n) is 6.47. The van der Waals surface area contributed by atoms with Gasteiger partial charge in [-0.2, -0.15) is 0 Å². The Balaban J connectivity index is 1.78. The van der Waals surface area contributed by atoms with Crippen LogP contribution in [0.2, 0.25) is 0 Å². The molecule has 6 heteroatoms. The minimum atomic E-state index is -0.771. The van der Waals surface area contributed by atoms with Gasteiger partial charge in [-0.25, -0.2) is 0 Å². The first-order valence-corrected chi connectivity index (χ1v) is 7.26. The van der Waals surface area contributed by atoms with Crippen LogP contribution in [0, 0.1) is 11.8 Å². The van der Waals surface area contributed by atoms with Crippen molar-refractivity contribution < 1.29 is 14.7 Å². The fraction of sp³-hybridized carbons (Fsp3) is 0.429. The largest absolute Gasteiger partial charge is 0.481 e. The average molecular weight is 341 g/mol. The highest BCUT2D eigenvalue weighted by Gasteiger charge is 2.35. The molecule has 108 valence electrons. The fourth-order valence-electron chi connectivity index (χ4n) is 2.21. The van der Waals surface area contributed by atoms with Gasteiger partial charge < -0.3 is 10.4 Å². The molecular weight excluding hydrogens is 324 g/mol. The van der Waals surface area contributed by atoms with E-state index in [9.17, 15) is 9.59 Å². The molecule has 0 spiro atoms. The van der Waals surface area contributed by atoms with Crippen LogP contribution in [0.25, 0.3) is 0 Å². The van der Waals surface area contributed by atoms with Crippen molar-refractivity contribution in [3.05, 3.63) is 28.7 Å². The highest BCUT2D eigenvalue weighted by molar-refractivity contribution is 9.10. The third kappa shape index (κ3) is 3.58. The van der Waals surface area contributed by atoms with Crippen LogP contribution in [0.3, 0.4) is 0 Å². The Morgan fingerprint density at radius 1 is 1.45 bits per heavy atom. The zero-order valence-electron chi connectivity index (χ0n) is 11.2. The van der Waals surface area contributed by atoms with E-state index in [4.69, 9.17) is 5.11 Å². The zero-order chi connectivity index (χ0) is 14.7. The standard InChI is InChI=1S/C14H17BrN2O3/c1-9(14(19)20)10-6-17(7-10)8-13(18)16-12-5-3-2-4-11(12)15/h2-5,9-10H,6-8H2,1H3,(H,16,18)(H,19,20). The van der Waals surface area contributed by atoms with Crippen molar-refractivity contribution in [1.29, 1.82) is 0 Å². The second-order valence-corrected chi connectivity index (χ2v) is 5.96. The van der Waals surface area contributed by atoms with Gasteiger partial charge >= 0.3 is 5.97 Å². The molecule has 1 aliphatic heterocycles. The molecule has 1 saturated heterocycles. The number of nitrogens with one attached hydrogen (secondary N) is 1. The van der Waals surface area contributed by atoms with Gasteiger partial charge in [-0.3, -0.25) is 14.5 Å². The highest BCUT2D eigenvalue weighted by atomic mass is 79.9. The fourth-order valence-corrected chi connectivity index (χ4v) is 2.60. The van der Waals surface area contributed by atoms with Crippen LogP contribution >= 0.6 is 15.9 Å². The van der Waals surface area contributed by atoms with Crippen molar-refractivity contribution in [2.24, 2.45) is 11.8 Å². The molecule has 5 nitrogen and oxygen atoms in total. The van der Waals surface area contributed by atoms with Crippen molar-refractivity contribution in [3.63, 3.8) is 0 Å². The number of hydrogen-bond donors (Lipinski definition) is 2. The third-order valence-corrected chi connectivity index (χ3v) is 4.29. The van der Waals surface area contributed by atoms with Crippen LogP contribution in [0.1, 0.15) is 6.92 Å². The molecule has 1 atom stereocenters. The number of benzene rings is 1. The number of anilines is 1. The average Bonchev–Trinajstić information content (AvgIpc) is 2.35. The molecule has 1 heterocycles. The summed E-state index contributed by atoms with van der Waals surface area (Å²) in [5.74, 6) is -1.06. The topological polar surface area (TPSA) is 69.6 Å². The number of aliphatic carboxylic acids is 1. The van der Waals surface area contributed by atoms with Gasteiger partial charge in [-0.1, -0.05) is 19.1 Å². The Labute approximate surface area is 126 Å². The Kier molecular flexibility index (Phi) is 4.77. The molecule has 1 unspecified atom stereocenters. The lowest BCUT2D eigenvalue weighted by Gasteiger charge is -2.40. The molecular formula is C14H17BrN2O3. The summed E-state index contributed by atoms with van der Waals surface area (Å²) in [5.41, 5.74) is 0.744. The monoisotopic (exact) mass is 340 g/mol. The van der Waals surface area contributed by atoms with E-state index < -0.39 is 5.97 Å². The molecule has 1 aromatic rings. The third-order valence-electron chi connectivity index (χ3n) is 3.60. The summed E-state index contributed by atoms with van der Waals surface area (Å²) in [7, 11) is 0. The molecule has 20 heavy (non-hydrogen) atoms. The number of amides is 1. The number of carboxylic acids is 1. The van der Waals surface area contributed by atoms with E-state index >= 15 is 0 Å². The summed E-state index contributed by atoms with van der Waals surface area (Å²) in [5, 5.41) is 11.7. The lowest BCUT2D eigenvalue weighted by molar-refractivity contribution is -0.145. The maximum atomic E-state index is 11.9. The van der Waals surface area contributed by atoms with Gasteiger partial charge in [0.05, 0.1) is 18.2 Å². The number of para-hydroxylation sites is 1.